The van der Waals surface area contributed by atoms with Crippen LogP contribution in [-0.4, -0.2) is 12.8 Å². The Labute approximate surface area is 80.1 Å². The molecule has 1 nitrogen and oxygen atoms in total. The van der Waals surface area contributed by atoms with Gasteiger partial charge in [0.25, 0.3) is 0 Å². The molecule has 0 amide bonds. The Balaban J connectivity index is 4.24. The van der Waals surface area contributed by atoms with Crippen LogP contribution in [-0.2, 0) is 0 Å². The minimum Gasteiger partial charge on any atom is -0.326 e. The number of hydrogen-bond donors (Lipinski definition) is 1. The van der Waals surface area contributed by atoms with Crippen molar-refractivity contribution in [3.8, 4) is 0 Å². The molecule has 0 aliphatic rings. The summed E-state index contributed by atoms with van der Waals surface area (Å²) >= 11 is 1.80. The van der Waals surface area contributed by atoms with Crippen molar-refractivity contribution in [2.75, 3.05) is 12.8 Å². The number of unbranched alkanes of at least 4 members (excludes halogenated alkanes) is 1. The molecule has 2 heteroatoms. The van der Waals surface area contributed by atoms with Gasteiger partial charge in [-0.1, -0.05) is 26.0 Å². The van der Waals surface area contributed by atoms with Crippen LogP contribution >= 0.6 is 11.8 Å². The predicted molar refractivity (Wildman–Crippen MR) is 59.3 cm³/mol. The number of thioether (sulfide) groups is 1. The summed E-state index contributed by atoms with van der Waals surface area (Å²) in [6, 6.07) is 0. The predicted octanol–water partition coefficient (Wildman–Crippen LogP) is 2.94. The van der Waals surface area contributed by atoms with Gasteiger partial charge in [-0.2, -0.15) is 0 Å². The number of rotatable bonds is 6. The fraction of sp³-hybridized carbons (Fsp3) is 0.600. The van der Waals surface area contributed by atoms with Crippen molar-refractivity contribution >= 4 is 11.8 Å². The summed E-state index contributed by atoms with van der Waals surface area (Å²) in [6.45, 7) is 6.57. The normalized spacial score (nSPS) is 12.6. The molecule has 2 N–H and O–H groups in total. The van der Waals surface area contributed by atoms with E-state index < -0.39 is 0 Å². The lowest BCUT2D eigenvalue weighted by molar-refractivity contribution is 0.804. The summed E-state index contributed by atoms with van der Waals surface area (Å²) in [6.07, 6.45) is 7.61. The Morgan fingerprint density at radius 1 is 1.58 bits per heavy atom. The minimum absolute atomic E-state index is 0.614. The molecule has 0 spiro atoms. The van der Waals surface area contributed by atoms with E-state index in [-0.39, 0.29) is 0 Å². The molecule has 0 aromatic heterocycles. The van der Waals surface area contributed by atoms with Crippen LogP contribution in [0.5, 0.6) is 0 Å². The zero-order chi connectivity index (χ0) is 9.40. The molecular weight excluding hydrogens is 166 g/mol. The van der Waals surface area contributed by atoms with Crippen LogP contribution in [0.4, 0.5) is 0 Å². The highest BCUT2D eigenvalue weighted by Gasteiger charge is 2.00. The first-order valence-electron chi connectivity index (χ1n) is 4.38. The van der Waals surface area contributed by atoms with Crippen LogP contribution in [0.1, 0.15) is 26.2 Å². The summed E-state index contributed by atoms with van der Waals surface area (Å²) in [4.78, 5) is 1.40. The molecule has 0 atom stereocenters. The zero-order valence-electron chi connectivity index (χ0n) is 8.10. The molecule has 0 unspecified atom stereocenters. The van der Waals surface area contributed by atoms with Gasteiger partial charge in [-0.15, -0.1) is 11.8 Å². The van der Waals surface area contributed by atoms with Gasteiger partial charge < -0.3 is 5.73 Å². The second-order valence-electron chi connectivity index (χ2n) is 2.66. The minimum atomic E-state index is 0.614. The van der Waals surface area contributed by atoms with E-state index in [1.165, 1.54) is 23.3 Å². The second kappa shape index (κ2) is 7.44. The molecule has 0 aliphatic carbocycles. The molecule has 0 aliphatic heterocycles. The Morgan fingerprint density at radius 3 is 2.58 bits per heavy atom. The van der Waals surface area contributed by atoms with E-state index in [1.807, 2.05) is 6.08 Å². The third-order valence-corrected chi connectivity index (χ3v) is 2.79. The zero-order valence-corrected chi connectivity index (χ0v) is 8.91. The first-order valence-corrected chi connectivity index (χ1v) is 5.61. The molecule has 12 heavy (non-hydrogen) atoms. The maximum Gasteiger partial charge on any atom is 0.0185 e. The van der Waals surface area contributed by atoms with Crippen molar-refractivity contribution in [3.05, 3.63) is 23.1 Å². The fourth-order valence-corrected chi connectivity index (χ4v) is 1.82. The Kier molecular flexibility index (Phi) is 7.31. The summed E-state index contributed by atoms with van der Waals surface area (Å²) in [7, 11) is 0. The van der Waals surface area contributed by atoms with Gasteiger partial charge in [-0.3, -0.25) is 0 Å². The molecule has 0 radical (unpaired) electrons. The maximum absolute atomic E-state index is 5.59. The van der Waals surface area contributed by atoms with Crippen molar-refractivity contribution in [2.24, 2.45) is 5.73 Å². The van der Waals surface area contributed by atoms with Crippen LogP contribution in [0.25, 0.3) is 0 Å². The summed E-state index contributed by atoms with van der Waals surface area (Å²) < 4.78 is 0. The van der Waals surface area contributed by atoms with E-state index in [2.05, 4.69) is 19.8 Å². The van der Waals surface area contributed by atoms with Gasteiger partial charge in [-0.05, 0) is 29.6 Å². The monoisotopic (exact) mass is 185 g/mol. The van der Waals surface area contributed by atoms with Crippen molar-refractivity contribution < 1.29 is 0 Å². The van der Waals surface area contributed by atoms with E-state index in [4.69, 9.17) is 5.73 Å². The largest absolute Gasteiger partial charge is 0.326 e. The van der Waals surface area contributed by atoms with Gasteiger partial charge in [0.2, 0.25) is 0 Å². The average Bonchev–Trinajstić information content (AvgIpc) is 2.12. The van der Waals surface area contributed by atoms with Crippen LogP contribution in [0, 0.1) is 0 Å². The maximum atomic E-state index is 5.59. The van der Waals surface area contributed by atoms with Gasteiger partial charge in [0.05, 0.1) is 0 Å². The number of nitrogens with two attached hydrogens (primary N) is 1. The molecule has 70 valence electrons. The van der Waals surface area contributed by atoms with Gasteiger partial charge in [0.1, 0.15) is 0 Å². The smallest absolute Gasteiger partial charge is 0.0185 e. The van der Waals surface area contributed by atoms with Crippen molar-refractivity contribution in [1.29, 1.82) is 0 Å². The van der Waals surface area contributed by atoms with Crippen molar-refractivity contribution in [1.82, 2.24) is 0 Å². The molecule has 0 saturated heterocycles. The van der Waals surface area contributed by atoms with Crippen LogP contribution in [0.15, 0.2) is 23.1 Å². The first kappa shape index (κ1) is 11.8. The van der Waals surface area contributed by atoms with Crippen LogP contribution < -0.4 is 5.73 Å². The third kappa shape index (κ3) is 3.98. The fourth-order valence-electron chi connectivity index (χ4n) is 1.04. The molecule has 0 bridgehead atoms. The van der Waals surface area contributed by atoms with Gasteiger partial charge in [0.15, 0.2) is 0 Å². The number of hydrogen-bond acceptors (Lipinski definition) is 2. The van der Waals surface area contributed by atoms with Crippen LogP contribution in [0.2, 0.25) is 0 Å². The van der Waals surface area contributed by atoms with E-state index in [0.29, 0.717) is 6.54 Å². The molecular formula is C10H19NS. The highest BCUT2D eigenvalue weighted by atomic mass is 32.2. The lowest BCUT2D eigenvalue weighted by atomic mass is 10.1. The van der Waals surface area contributed by atoms with E-state index in [9.17, 15) is 0 Å². The van der Waals surface area contributed by atoms with E-state index in [1.54, 1.807) is 11.8 Å². The molecule has 0 aromatic carbocycles. The molecule has 0 fully saturated rings. The quantitative estimate of drug-likeness (QED) is 0.644. The lowest BCUT2D eigenvalue weighted by Gasteiger charge is -2.07. The van der Waals surface area contributed by atoms with E-state index in [0.717, 1.165) is 6.42 Å². The summed E-state index contributed by atoms with van der Waals surface area (Å²) in [5.74, 6) is 0. The highest BCUT2D eigenvalue weighted by Crippen LogP contribution is 2.23. The molecule has 0 rings (SSSR count). The van der Waals surface area contributed by atoms with Crippen molar-refractivity contribution in [2.45, 2.75) is 26.2 Å². The molecule has 0 heterocycles. The first-order chi connectivity index (χ1) is 5.79. The standard InChI is InChI=1S/C10H19NS/c1-4-6-7-10(12-3)9(5-2)8-11/h5H,2,4,6-8,11H2,1,3H3/b10-9+. The Morgan fingerprint density at radius 2 is 2.25 bits per heavy atom. The topological polar surface area (TPSA) is 26.0 Å². The second-order valence-corrected chi connectivity index (χ2v) is 3.57. The molecule has 0 saturated carbocycles. The summed E-state index contributed by atoms with van der Waals surface area (Å²) in [5.41, 5.74) is 6.79. The lowest BCUT2D eigenvalue weighted by Crippen LogP contribution is -2.03. The third-order valence-electron chi connectivity index (χ3n) is 1.83. The average molecular weight is 185 g/mol. The summed E-state index contributed by atoms with van der Waals surface area (Å²) in [5, 5.41) is 0. The highest BCUT2D eigenvalue weighted by molar-refractivity contribution is 8.02. The van der Waals surface area contributed by atoms with Gasteiger partial charge >= 0.3 is 0 Å². The molecule has 0 aromatic rings. The van der Waals surface area contributed by atoms with Crippen LogP contribution in [0.3, 0.4) is 0 Å². The van der Waals surface area contributed by atoms with Gasteiger partial charge in [0, 0.05) is 6.54 Å². The number of allylic oxidation sites excluding steroid dienone is 1. The SMILES string of the molecule is C=C/C(CN)=C(/CCCC)SC. The van der Waals surface area contributed by atoms with E-state index >= 15 is 0 Å². The van der Waals surface area contributed by atoms with Gasteiger partial charge in [-0.25, -0.2) is 0 Å². The Hall–Kier alpha value is -0.210. The van der Waals surface area contributed by atoms with Crippen molar-refractivity contribution in [3.63, 3.8) is 0 Å². The Bertz CT molecular complexity index is 161.